The predicted octanol–water partition coefficient (Wildman–Crippen LogP) is 4.50. The highest BCUT2D eigenvalue weighted by atomic mass is 14.9. The highest BCUT2D eigenvalue weighted by Gasteiger charge is 2.04. The molecule has 18 heavy (non-hydrogen) atoms. The number of hydrogen-bond donors (Lipinski definition) is 0. The Labute approximate surface area is 112 Å². The van der Waals surface area contributed by atoms with Crippen LogP contribution in [0.3, 0.4) is 0 Å². The van der Waals surface area contributed by atoms with E-state index in [2.05, 4.69) is 26.8 Å². The maximum absolute atomic E-state index is 4.71. The second-order valence-corrected chi connectivity index (χ2v) is 5.08. The lowest BCUT2D eigenvalue weighted by atomic mass is 10.1. The Morgan fingerprint density at radius 3 is 1.61 bits per heavy atom. The Balaban J connectivity index is 2.74. The molecule has 0 aromatic carbocycles. The van der Waals surface area contributed by atoms with Crippen LogP contribution in [-0.4, -0.2) is 9.97 Å². The number of hydrogen-bond acceptors (Lipinski definition) is 2. The lowest BCUT2D eigenvalue weighted by Gasteiger charge is -2.07. The molecule has 0 unspecified atom stereocenters. The van der Waals surface area contributed by atoms with Crippen LogP contribution >= 0.6 is 0 Å². The van der Waals surface area contributed by atoms with Crippen LogP contribution in [0.15, 0.2) is 6.07 Å². The van der Waals surface area contributed by atoms with Crippen LogP contribution in [0.1, 0.15) is 76.5 Å². The highest BCUT2D eigenvalue weighted by Crippen LogP contribution is 2.10. The molecule has 0 amide bonds. The highest BCUT2D eigenvalue weighted by molar-refractivity contribution is 5.12. The van der Waals surface area contributed by atoms with Crippen LogP contribution in [0, 0.1) is 0 Å². The van der Waals surface area contributed by atoms with E-state index in [9.17, 15) is 0 Å². The fourth-order valence-electron chi connectivity index (χ4n) is 2.03. The van der Waals surface area contributed by atoms with Crippen molar-refractivity contribution in [3.05, 3.63) is 23.3 Å². The van der Waals surface area contributed by atoms with E-state index in [0.717, 1.165) is 25.1 Å². The summed E-state index contributed by atoms with van der Waals surface area (Å²) < 4.78 is 0. The molecular weight excluding hydrogens is 220 g/mol. The molecule has 0 saturated heterocycles. The first-order chi connectivity index (χ1) is 8.80. The molecule has 1 heterocycles. The van der Waals surface area contributed by atoms with Crippen molar-refractivity contribution in [1.82, 2.24) is 9.97 Å². The maximum Gasteiger partial charge on any atom is 0.128 e. The van der Waals surface area contributed by atoms with Gasteiger partial charge in [-0.15, -0.1) is 0 Å². The quantitative estimate of drug-likeness (QED) is 0.643. The molecule has 1 rings (SSSR count). The molecule has 0 saturated carbocycles. The van der Waals surface area contributed by atoms with E-state index in [1.165, 1.54) is 49.9 Å². The number of aryl methyl sites for hydroxylation is 3. The van der Waals surface area contributed by atoms with Crippen molar-refractivity contribution < 1.29 is 0 Å². The van der Waals surface area contributed by atoms with Crippen LogP contribution in [0.2, 0.25) is 0 Å². The third kappa shape index (κ3) is 5.61. The first kappa shape index (κ1) is 15.1. The Bertz CT molecular complexity index is 269. The van der Waals surface area contributed by atoms with E-state index in [1.807, 2.05) is 0 Å². The zero-order valence-corrected chi connectivity index (χ0v) is 12.3. The molecule has 102 valence electrons. The summed E-state index contributed by atoms with van der Waals surface area (Å²) in [5, 5.41) is 0. The van der Waals surface area contributed by atoms with E-state index in [-0.39, 0.29) is 0 Å². The lowest BCUT2D eigenvalue weighted by Crippen LogP contribution is -2.04. The summed E-state index contributed by atoms with van der Waals surface area (Å²) in [7, 11) is 0. The van der Waals surface area contributed by atoms with Crippen LogP contribution < -0.4 is 0 Å². The molecule has 0 aliphatic carbocycles. The van der Waals surface area contributed by atoms with Crippen LogP contribution in [-0.2, 0) is 19.3 Å². The van der Waals surface area contributed by atoms with Gasteiger partial charge in [-0.25, -0.2) is 9.97 Å². The smallest absolute Gasteiger partial charge is 0.128 e. The van der Waals surface area contributed by atoms with Gasteiger partial charge in [0.05, 0.1) is 0 Å². The van der Waals surface area contributed by atoms with Gasteiger partial charge >= 0.3 is 0 Å². The minimum absolute atomic E-state index is 1.04. The van der Waals surface area contributed by atoms with E-state index >= 15 is 0 Å². The normalized spacial score (nSPS) is 10.8. The van der Waals surface area contributed by atoms with Gasteiger partial charge in [0.25, 0.3) is 0 Å². The van der Waals surface area contributed by atoms with Crippen LogP contribution in [0.25, 0.3) is 0 Å². The summed E-state index contributed by atoms with van der Waals surface area (Å²) in [6.45, 7) is 6.69. The zero-order valence-electron chi connectivity index (χ0n) is 12.3. The second-order valence-electron chi connectivity index (χ2n) is 5.08. The number of rotatable bonds is 9. The largest absolute Gasteiger partial charge is 0.238 e. The molecule has 0 N–H and O–H groups in total. The van der Waals surface area contributed by atoms with Crippen molar-refractivity contribution in [1.29, 1.82) is 0 Å². The van der Waals surface area contributed by atoms with Crippen molar-refractivity contribution in [2.75, 3.05) is 0 Å². The summed E-state index contributed by atoms with van der Waals surface area (Å²) >= 11 is 0. The molecular formula is C16H28N2. The van der Waals surface area contributed by atoms with Crippen molar-refractivity contribution in [3.8, 4) is 0 Å². The fourth-order valence-corrected chi connectivity index (χ4v) is 2.03. The van der Waals surface area contributed by atoms with E-state index in [1.54, 1.807) is 0 Å². The molecule has 0 aliphatic rings. The fraction of sp³-hybridized carbons (Fsp3) is 0.750. The van der Waals surface area contributed by atoms with Gasteiger partial charge in [0.1, 0.15) is 5.82 Å². The number of aromatic nitrogens is 2. The molecule has 2 heteroatoms. The summed E-state index contributed by atoms with van der Waals surface area (Å²) in [6.07, 6.45) is 10.6. The lowest BCUT2D eigenvalue weighted by molar-refractivity contribution is 0.701. The van der Waals surface area contributed by atoms with Gasteiger partial charge in [0.15, 0.2) is 0 Å². The minimum atomic E-state index is 1.04. The predicted molar refractivity (Wildman–Crippen MR) is 77.9 cm³/mol. The van der Waals surface area contributed by atoms with Crippen molar-refractivity contribution in [2.24, 2.45) is 0 Å². The van der Waals surface area contributed by atoms with Gasteiger partial charge in [0, 0.05) is 17.8 Å². The standard InChI is InChI=1S/C16H28N2/c1-4-7-10-14-13-15(11-8-5-2)18-16(17-14)12-9-6-3/h13H,4-12H2,1-3H3. The summed E-state index contributed by atoms with van der Waals surface area (Å²) in [5.74, 6) is 1.07. The molecule has 1 aromatic rings. The van der Waals surface area contributed by atoms with Gasteiger partial charge < -0.3 is 0 Å². The minimum Gasteiger partial charge on any atom is -0.238 e. The van der Waals surface area contributed by atoms with Gasteiger partial charge in [0.2, 0.25) is 0 Å². The first-order valence-corrected chi connectivity index (χ1v) is 7.65. The zero-order chi connectivity index (χ0) is 13.2. The SMILES string of the molecule is CCCCc1cc(CCCC)nc(CCCC)n1. The van der Waals surface area contributed by atoms with Crippen molar-refractivity contribution in [3.63, 3.8) is 0 Å². The van der Waals surface area contributed by atoms with Crippen molar-refractivity contribution >= 4 is 0 Å². The molecule has 1 aromatic heterocycles. The second kappa shape index (κ2) is 9.07. The van der Waals surface area contributed by atoms with E-state index in [0.29, 0.717) is 0 Å². The Kier molecular flexibility index (Phi) is 7.63. The Morgan fingerprint density at radius 1 is 0.722 bits per heavy atom. The summed E-state index contributed by atoms with van der Waals surface area (Å²) in [6, 6.07) is 2.22. The molecule has 0 fully saturated rings. The molecule has 0 radical (unpaired) electrons. The van der Waals surface area contributed by atoms with Crippen molar-refractivity contribution in [2.45, 2.75) is 78.6 Å². The molecule has 0 bridgehead atoms. The first-order valence-electron chi connectivity index (χ1n) is 7.65. The molecule has 0 atom stereocenters. The number of nitrogens with zero attached hydrogens (tertiary/aromatic N) is 2. The monoisotopic (exact) mass is 248 g/mol. The third-order valence-corrected chi connectivity index (χ3v) is 3.21. The molecule has 0 spiro atoms. The average molecular weight is 248 g/mol. The Morgan fingerprint density at radius 2 is 1.17 bits per heavy atom. The van der Waals surface area contributed by atoms with Crippen LogP contribution in [0.4, 0.5) is 0 Å². The van der Waals surface area contributed by atoms with Crippen LogP contribution in [0.5, 0.6) is 0 Å². The summed E-state index contributed by atoms with van der Waals surface area (Å²) in [4.78, 5) is 9.41. The Hall–Kier alpha value is -0.920. The molecule has 0 aliphatic heterocycles. The van der Waals surface area contributed by atoms with Gasteiger partial charge in [-0.2, -0.15) is 0 Å². The van der Waals surface area contributed by atoms with Gasteiger partial charge in [-0.1, -0.05) is 40.0 Å². The van der Waals surface area contributed by atoms with Gasteiger partial charge in [-0.05, 0) is 38.2 Å². The third-order valence-electron chi connectivity index (χ3n) is 3.21. The summed E-state index contributed by atoms with van der Waals surface area (Å²) in [5.41, 5.74) is 2.51. The number of unbranched alkanes of at least 4 members (excludes halogenated alkanes) is 3. The topological polar surface area (TPSA) is 25.8 Å². The molecule has 2 nitrogen and oxygen atoms in total. The van der Waals surface area contributed by atoms with Gasteiger partial charge in [-0.3, -0.25) is 0 Å². The average Bonchev–Trinajstić information content (AvgIpc) is 2.40. The van der Waals surface area contributed by atoms with E-state index in [4.69, 9.17) is 9.97 Å². The van der Waals surface area contributed by atoms with E-state index < -0.39 is 0 Å². The maximum atomic E-state index is 4.71.